The minimum absolute atomic E-state index is 0.219. The molecule has 0 unspecified atom stereocenters. The largest absolute Gasteiger partial charge is 0.315 e. The van der Waals surface area contributed by atoms with E-state index in [1.165, 1.54) is 11.3 Å². The molecule has 1 aromatic carbocycles. The second kappa shape index (κ2) is 6.97. The topological polar surface area (TPSA) is 58.2 Å². The molecule has 0 aliphatic rings. The maximum absolute atomic E-state index is 12.4. The maximum Gasteiger partial charge on any atom is 0.263 e. The van der Waals surface area contributed by atoms with Gasteiger partial charge in [-0.1, -0.05) is 11.6 Å². The van der Waals surface area contributed by atoms with Crippen molar-refractivity contribution in [3.8, 4) is 0 Å². The van der Waals surface area contributed by atoms with Crippen molar-refractivity contribution in [2.24, 2.45) is 0 Å². The van der Waals surface area contributed by atoms with E-state index >= 15 is 0 Å². The molecule has 2 rings (SSSR count). The third kappa shape index (κ3) is 4.20. The Morgan fingerprint density at radius 1 is 1.29 bits per heavy atom. The van der Waals surface area contributed by atoms with Crippen LogP contribution in [0.5, 0.6) is 0 Å². The van der Waals surface area contributed by atoms with Crippen LogP contribution in [0.3, 0.4) is 0 Å². The average Bonchev–Trinajstić information content (AvgIpc) is 2.76. The average molecular weight is 475 g/mol. The highest BCUT2D eigenvalue weighted by Gasteiger charge is 2.21. The van der Waals surface area contributed by atoms with Crippen LogP contribution in [0, 0.1) is 0 Å². The first-order valence-electron chi connectivity index (χ1n) is 5.74. The Balaban J connectivity index is 2.31. The molecule has 0 radical (unpaired) electrons. The van der Waals surface area contributed by atoms with Crippen LogP contribution in [0.1, 0.15) is 4.88 Å². The highest BCUT2D eigenvalue weighted by atomic mass is 79.9. The van der Waals surface area contributed by atoms with Gasteiger partial charge >= 0.3 is 0 Å². The number of benzene rings is 1. The molecule has 21 heavy (non-hydrogen) atoms. The lowest BCUT2D eigenvalue weighted by Gasteiger charge is -2.08. The van der Waals surface area contributed by atoms with Crippen LogP contribution >= 0.6 is 54.8 Å². The van der Waals surface area contributed by atoms with Crippen molar-refractivity contribution in [2.75, 3.05) is 11.8 Å². The Morgan fingerprint density at radius 3 is 2.62 bits per heavy atom. The Kier molecular flexibility index (Phi) is 5.72. The van der Waals surface area contributed by atoms with Gasteiger partial charge in [-0.2, -0.15) is 0 Å². The van der Waals surface area contributed by atoms with Gasteiger partial charge in [0.05, 0.1) is 14.5 Å². The fraction of sp³-hybridized carbons (Fsp3) is 0.167. The second-order valence-electron chi connectivity index (χ2n) is 4.12. The van der Waals surface area contributed by atoms with Crippen LogP contribution < -0.4 is 10.0 Å². The molecule has 0 atom stereocenters. The highest BCUT2D eigenvalue weighted by Crippen LogP contribution is 2.33. The third-order valence-corrected chi connectivity index (χ3v) is 7.38. The number of anilines is 1. The quantitative estimate of drug-likeness (QED) is 0.673. The van der Waals surface area contributed by atoms with Gasteiger partial charge in [0.2, 0.25) is 0 Å². The Bertz CT molecular complexity index is 763. The van der Waals surface area contributed by atoms with Gasteiger partial charge in [-0.15, -0.1) is 11.3 Å². The summed E-state index contributed by atoms with van der Waals surface area (Å²) in [6, 6.07) is 6.53. The summed E-state index contributed by atoms with van der Waals surface area (Å²) in [7, 11) is -1.85. The molecular formula is C12H11Br2ClN2O2S2. The minimum Gasteiger partial charge on any atom is -0.315 e. The third-order valence-electron chi connectivity index (χ3n) is 2.52. The molecule has 1 heterocycles. The molecule has 4 nitrogen and oxygen atoms in total. The predicted octanol–water partition coefficient (Wildman–Crippen LogP) is 4.45. The summed E-state index contributed by atoms with van der Waals surface area (Å²) in [4.78, 5) is 1.15. The van der Waals surface area contributed by atoms with E-state index in [0.29, 0.717) is 25.5 Å². The van der Waals surface area contributed by atoms with Crippen LogP contribution in [0.15, 0.2) is 37.4 Å². The standard InChI is InChI=1S/C12H11Br2ClN2O2S2/c1-16-6-8-5-11(12(14)20-8)21(18,19)17-7-2-3-9(13)10(15)4-7/h2-5,16-17H,6H2,1H3. The second-order valence-corrected chi connectivity index (χ2v) is 9.48. The Hall–Kier alpha value is -0.120. The summed E-state index contributed by atoms with van der Waals surface area (Å²) < 4.78 is 28.7. The van der Waals surface area contributed by atoms with Gasteiger partial charge in [-0.25, -0.2) is 8.42 Å². The zero-order valence-corrected chi connectivity index (χ0v) is 16.3. The summed E-state index contributed by atoms with van der Waals surface area (Å²) in [6.07, 6.45) is 0. The molecule has 0 spiro atoms. The molecule has 114 valence electrons. The fourth-order valence-corrected chi connectivity index (χ4v) is 5.78. The molecule has 2 N–H and O–H groups in total. The summed E-state index contributed by atoms with van der Waals surface area (Å²) >= 11 is 13.9. The van der Waals surface area contributed by atoms with Crippen LogP contribution in [0.25, 0.3) is 0 Å². The van der Waals surface area contributed by atoms with Crippen LogP contribution in [0.2, 0.25) is 5.02 Å². The van der Waals surface area contributed by atoms with Crippen molar-refractivity contribution < 1.29 is 8.42 Å². The number of thiophene rings is 1. The first-order chi connectivity index (χ1) is 9.83. The van der Waals surface area contributed by atoms with E-state index in [4.69, 9.17) is 11.6 Å². The summed E-state index contributed by atoms with van der Waals surface area (Å²) in [6.45, 7) is 0.614. The normalized spacial score (nSPS) is 11.6. The molecule has 0 fully saturated rings. The van der Waals surface area contributed by atoms with Gasteiger partial charge < -0.3 is 5.32 Å². The van der Waals surface area contributed by atoms with E-state index < -0.39 is 10.0 Å². The number of halogens is 3. The van der Waals surface area contributed by atoms with E-state index in [1.54, 1.807) is 24.3 Å². The molecular weight excluding hydrogens is 464 g/mol. The van der Waals surface area contributed by atoms with E-state index in [0.717, 1.165) is 4.88 Å². The highest BCUT2D eigenvalue weighted by molar-refractivity contribution is 9.11. The lowest BCUT2D eigenvalue weighted by Crippen LogP contribution is -2.12. The Labute approximate surface area is 149 Å². The smallest absolute Gasteiger partial charge is 0.263 e. The zero-order valence-electron chi connectivity index (χ0n) is 10.8. The van der Waals surface area contributed by atoms with Gasteiger partial charge in [0.15, 0.2) is 0 Å². The first-order valence-corrected chi connectivity index (χ1v) is 10.0. The number of hydrogen-bond acceptors (Lipinski definition) is 4. The molecule has 0 saturated heterocycles. The summed E-state index contributed by atoms with van der Waals surface area (Å²) in [5.41, 5.74) is 0.413. The monoisotopic (exact) mass is 472 g/mol. The zero-order chi connectivity index (χ0) is 15.6. The molecule has 0 bridgehead atoms. The lowest BCUT2D eigenvalue weighted by molar-refractivity contribution is 0.601. The number of nitrogens with one attached hydrogen (secondary N) is 2. The molecule has 0 aliphatic heterocycles. The van der Waals surface area contributed by atoms with Crippen molar-refractivity contribution in [1.82, 2.24) is 5.32 Å². The van der Waals surface area contributed by atoms with Crippen LogP contribution in [0.4, 0.5) is 5.69 Å². The number of sulfonamides is 1. The van der Waals surface area contributed by atoms with E-state index in [-0.39, 0.29) is 4.90 Å². The van der Waals surface area contributed by atoms with Crippen LogP contribution in [-0.4, -0.2) is 15.5 Å². The minimum atomic E-state index is -3.66. The van der Waals surface area contributed by atoms with E-state index in [1.807, 2.05) is 7.05 Å². The maximum atomic E-state index is 12.4. The molecule has 0 amide bonds. The molecule has 1 aromatic heterocycles. The summed E-state index contributed by atoms with van der Waals surface area (Å²) in [5, 5.41) is 3.43. The van der Waals surface area contributed by atoms with Crippen molar-refractivity contribution in [3.05, 3.63) is 42.4 Å². The van der Waals surface area contributed by atoms with Crippen molar-refractivity contribution in [3.63, 3.8) is 0 Å². The van der Waals surface area contributed by atoms with E-state index in [9.17, 15) is 8.42 Å². The fourth-order valence-electron chi connectivity index (χ4n) is 1.61. The molecule has 0 saturated carbocycles. The van der Waals surface area contributed by atoms with Crippen molar-refractivity contribution in [2.45, 2.75) is 11.4 Å². The Morgan fingerprint density at radius 2 is 2.00 bits per heavy atom. The molecule has 2 aromatic rings. The molecule has 0 aliphatic carbocycles. The number of rotatable bonds is 5. The van der Waals surface area contributed by atoms with Crippen molar-refractivity contribution >= 4 is 70.5 Å². The van der Waals surface area contributed by atoms with Gasteiger partial charge in [0.25, 0.3) is 10.0 Å². The van der Waals surface area contributed by atoms with Crippen molar-refractivity contribution in [1.29, 1.82) is 0 Å². The SMILES string of the molecule is CNCc1cc(S(=O)(=O)Nc2ccc(Br)c(Cl)c2)c(Br)s1. The number of hydrogen-bond donors (Lipinski definition) is 2. The van der Waals surface area contributed by atoms with Gasteiger partial charge in [0.1, 0.15) is 4.90 Å². The molecule has 9 heteroatoms. The van der Waals surface area contributed by atoms with Gasteiger partial charge in [-0.05, 0) is 63.2 Å². The lowest BCUT2D eigenvalue weighted by atomic mass is 10.3. The van der Waals surface area contributed by atoms with Gasteiger partial charge in [-0.3, -0.25) is 4.72 Å². The first kappa shape index (κ1) is 17.2. The predicted molar refractivity (Wildman–Crippen MR) is 94.7 cm³/mol. The van der Waals surface area contributed by atoms with Gasteiger partial charge in [0, 0.05) is 15.9 Å². The van der Waals surface area contributed by atoms with E-state index in [2.05, 4.69) is 41.9 Å². The van der Waals surface area contributed by atoms with Crippen LogP contribution in [-0.2, 0) is 16.6 Å². The summed E-state index contributed by atoms with van der Waals surface area (Å²) in [5.74, 6) is 0.